The molecule has 156 valence electrons. The standard InChI is InChI=1S/C20H25N3O5S/c1-15-5-4-8-22(16(15)2)14-20(24)21-17-6-7-18(27-3)19(13-17)29(25,26)23-9-11-28-12-10-23/h4-8,13H,9-12,14H2,1-3H3/p+1. The quantitative estimate of drug-likeness (QED) is 0.711. The zero-order valence-corrected chi connectivity index (χ0v) is 17.7. The molecule has 9 heteroatoms. The molecular weight excluding hydrogens is 394 g/mol. The van der Waals surface area contributed by atoms with Gasteiger partial charge in [0.25, 0.3) is 5.91 Å². The number of ether oxygens (including phenoxy) is 2. The Labute approximate surface area is 171 Å². The van der Waals surface area contributed by atoms with Gasteiger partial charge in [0.15, 0.2) is 11.9 Å². The number of carbonyl (C=O) groups is 1. The van der Waals surface area contributed by atoms with Crippen molar-refractivity contribution >= 4 is 21.6 Å². The Balaban J connectivity index is 1.83. The fraction of sp³-hybridized carbons (Fsp3) is 0.400. The fourth-order valence-electron chi connectivity index (χ4n) is 3.16. The maximum Gasteiger partial charge on any atom is 0.290 e. The number of aromatic nitrogens is 1. The van der Waals surface area contributed by atoms with Crippen molar-refractivity contribution in [2.24, 2.45) is 0 Å². The van der Waals surface area contributed by atoms with E-state index in [1.165, 1.54) is 17.5 Å². The summed E-state index contributed by atoms with van der Waals surface area (Å²) >= 11 is 0. The maximum atomic E-state index is 13.1. The number of morpholine rings is 1. The molecule has 0 bridgehead atoms. The van der Waals surface area contributed by atoms with Crippen LogP contribution in [0.5, 0.6) is 5.75 Å². The number of anilines is 1. The molecule has 0 aliphatic carbocycles. The molecule has 1 N–H and O–H groups in total. The van der Waals surface area contributed by atoms with E-state index in [4.69, 9.17) is 9.47 Å². The Hall–Kier alpha value is -2.49. The molecule has 1 amide bonds. The van der Waals surface area contributed by atoms with E-state index in [1.807, 2.05) is 36.7 Å². The largest absolute Gasteiger partial charge is 0.495 e. The molecule has 1 saturated heterocycles. The minimum atomic E-state index is -3.76. The lowest BCUT2D eigenvalue weighted by Crippen LogP contribution is -2.43. The third kappa shape index (κ3) is 4.75. The predicted octanol–water partition coefficient (Wildman–Crippen LogP) is 1.26. The third-order valence-electron chi connectivity index (χ3n) is 4.96. The molecule has 29 heavy (non-hydrogen) atoms. The van der Waals surface area contributed by atoms with Crippen LogP contribution in [0.2, 0.25) is 0 Å². The number of aryl methyl sites for hydroxylation is 1. The molecule has 0 unspecified atom stereocenters. The summed E-state index contributed by atoms with van der Waals surface area (Å²) in [6.07, 6.45) is 1.84. The van der Waals surface area contributed by atoms with Crippen molar-refractivity contribution < 1.29 is 27.3 Å². The lowest BCUT2D eigenvalue weighted by molar-refractivity contribution is -0.690. The number of amides is 1. The first-order valence-corrected chi connectivity index (χ1v) is 10.8. The second kappa shape index (κ2) is 8.89. The third-order valence-corrected chi connectivity index (χ3v) is 6.88. The summed E-state index contributed by atoms with van der Waals surface area (Å²) in [6.45, 7) is 5.33. The minimum Gasteiger partial charge on any atom is -0.495 e. The van der Waals surface area contributed by atoms with Gasteiger partial charge >= 0.3 is 0 Å². The van der Waals surface area contributed by atoms with Gasteiger partial charge < -0.3 is 14.8 Å². The number of hydrogen-bond acceptors (Lipinski definition) is 5. The maximum absolute atomic E-state index is 13.1. The van der Waals surface area contributed by atoms with Crippen LogP contribution in [0.1, 0.15) is 11.3 Å². The van der Waals surface area contributed by atoms with Gasteiger partial charge in [0.2, 0.25) is 16.6 Å². The summed E-state index contributed by atoms with van der Waals surface area (Å²) in [5, 5.41) is 2.78. The van der Waals surface area contributed by atoms with Gasteiger partial charge in [-0.15, -0.1) is 0 Å². The SMILES string of the molecule is COc1ccc(NC(=O)C[n+]2cccc(C)c2C)cc1S(=O)(=O)N1CCOCC1. The Morgan fingerprint density at radius 2 is 1.97 bits per heavy atom. The average molecular weight is 421 g/mol. The predicted molar refractivity (Wildman–Crippen MR) is 107 cm³/mol. The van der Waals surface area contributed by atoms with E-state index in [0.717, 1.165) is 11.3 Å². The fourth-order valence-corrected chi connectivity index (χ4v) is 4.75. The van der Waals surface area contributed by atoms with Crippen molar-refractivity contribution in [3.8, 4) is 5.75 Å². The Morgan fingerprint density at radius 3 is 2.66 bits per heavy atom. The normalized spacial score (nSPS) is 15.1. The zero-order valence-electron chi connectivity index (χ0n) is 16.8. The van der Waals surface area contributed by atoms with Crippen molar-refractivity contribution in [1.29, 1.82) is 0 Å². The number of carbonyl (C=O) groups excluding carboxylic acids is 1. The molecular formula is C20H26N3O5S+. The Bertz CT molecular complexity index is 1000. The van der Waals surface area contributed by atoms with E-state index in [9.17, 15) is 13.2 Å². The van der Waals surface area contributed by atoms with Gasteiger partial charge in [0.05, 0.1) is 20.3 Å². The second-order valence-corrected chi connectivity index (χ2v) is 8.74. The number of hydrogen-bond donors (Lipinski definition) is 1. The van der Waals surface area contributed by atoms with Crippen LogP contribution < -0.4 is 14.6 Å². The monoisotopic (exact) mass is 420 g/mol. The van der Waals surface area contributed by atoms with E-state index in [0.29, 0.717) is 18.9 Å². The molecule has 1 fully saturated rings. The number of benzene rings is 1. The van der Waals surface area contributed by atoms with Crippen molar-refractivity contribution in [3.63, 3.8) is 0 Å². The van der Waals surface area contributed by atoms with Gasteiger partial charge in [0.1, 0.15) is 10.6 Å². The van der Waals surface area contributed by atoms with Gasteiger partial charge in [-0.05, 0) is 31.2 Å². The zero-order chi connectivity index (χ0) is 21.0. The smallest absolute Gasteiger partial charge is 0.290 e. The molecule has 0 atom stereocenters. The van der Waals surface area contributed by atoms with E-state index in [-0.39, 0.29) is 36.2 Å². The van der Waals surface area contributed by atoms with Gasteiger partial charge in [-0.3, -0.25) is 4.79 Å². The van der Waals surface area contributed by atoms with Crippen LogP contribution >= 0.6 is 0 Å². The van der Waals surface area contributed by atoms with Crippen molar-refractivity contribution in [2.45, 2.75) is 25.3 Å². The first kappa shape index (κ1) is 21.2. The van der Waals surface area contributed by atoms with Crippen molar-refractivity contribution in [2.75, 3.05) is 38.7 Å². The summed E-state index contributed by atoms with van der Waals surface area (Å²) in [7, 11) is -2.34. The highest BCUT2D eigenvalue weighted by Gasteiger charge is 2.29. The van der Waals surface area contributed by atoms with E-state index < -0.39 is 10.0 Å². The topological polar surface area (TPSA) is 88.8 Å². The summed E-state index contributed by atoms with van der Waals surface area (Å²) in [4.78, 5) is 12.5. The summed E-state index contributed by atoms with van der Waals surface area (Å²) < 4.78 is 39.8. The summed E-state index contributed by atoms with van der Waals surface area (Å²) in [5.74, 6) is -0.0121. The molecule has 0 saturated carbocycles. The first-order chi connectivity index (χ1) is 13.8. The molecule has 2 aromatic rings. The van der Waals surface area contributed by atoms with Crippen LogP contribution in [0.3, 0.4) is 0 Å². The van der Waals surface area contributed by atoms with Crippen LogP contribution in [0.4, 0.5) is 5.69 Å². The molecule has 1 aromatic carbocycles. The molecule has 3 rings (SSSR count). The second-order valence-electron chi connectivity index (χ2n) is 6.83. The van der Waals surface area contributed by atoms with E-state index in [1.54, 1.807) is 12.1 Å². The average Bonchev–Trinajstić information content (AvgIpc) is 2.72. The number of sulfonamides is 1. The number of pyridine rings is 1. The molecule has 1 aromatic heterocycles. The van der Waals surface area contributed by atoms with Crippen LogP contribution in [0.25, 0.3) is 0 Å². The van der Waals surface area contributed by atoms with Crippen LogP contribution in [0.15, 0.2) is 41.4 Å². The number of rotatable bonds is 6. The molecule has 1 aliphatic heterocycles. The van der Waals surface area contributed by atoms with Crippen molar-refractivity contribution in [3.05, 3.63) is 47.8 Å². The highest BCUT2D eigenvalue weighted by Crippen LogP contribution is 2.30. The van der Waals surface area contributed by atoms with Crippen LogP contribution in [-0.2, 0) is 26.1 Å². The molecule has 1 aliphatic rings. The molecule has 8 nitrogen and oxygen atoms in total. The van der Waals surface area contributed by atoms with Crippen LogP contribution in [0, 0.1) is 13.8 Å². The van der Waals surface area contributed by atoms with Crippen molar-refractivity contribution in [1.82, 2.24) is 4.31 Å². The van der Waals surface area contributed by atoms with E-state index >= 15 is 0 Å². The highest BCUT2D eigenvalue weighted by atomic mass is 32.2. The van der Waals surface area contributed by atoms with Gasteiger partial charge in [0, 0.05) is 37.3 Å². The highest BCUT2D eigenvalue weighted by molar-refractivity contribution is 7.89. The first-order valence-electron chi connectivity index (χ1n) is 9.34. The summed E-state index contributed by atoms with van der Waals surface area (Å²) in [5.41, 5.74) is 2.48. The lowest BCUT2D eigenvalue weighted by Gasteiger charge is -2.26. The van der Waals surface area contributed by atoms with Crippen LogP contribution in [-0.4, -0.2) is 52.0 Å². The molecule has 0 spiro atoms. The number of methoxy groups -OCH3 is 1. The van der Waals surface area contributed by atoms with Gasteiger partial charge in [-0.1, -0.05) is 0 Å². The summed E-state index contributed by atoms with van der Waals surface area (Å²) in [6, 6.07) is 8.48. The Kier molecular flexibility index (Phi) is 6.51. The minimum absolute atomic E-state index is 0.0269. The molecule has 2 heterocycles. The van der Waals surface area contributed by atoms with Gasteiger partial charge in [-0.2, -0.15) is 8.87 Å². The molecule has 0 radical (unpaired) electrons. The van der Waals surface area contributed by atoms with E-state index in [2.05, 4.69) is 5.32 Å². The number of nitrogens with one attached hydrogen (secondary N) is 1. The Morgan fingerprint density at radius 1 is 1.24 bits per heavy atom. The van der Waals surface area contributed by atoms with Gasteiger partial charge in [-0.25, -0.2) is 8.42 Å². The lowest BCUT2D eigenvalue weighted by atomic mass is 10.2. The number of nitrogens with zero attached hydrogens (tertiary/aromatic N) is 2.